The first-order valence-corrected chi connectivity index (χ1v) is 7.80. The van der Waals surface area contributed by atoms with Gasteiger partial charge in [0.1, 0.15) is 6.04 Å². The van der Waals surface area contributed by atoms with Crippen molar-refractivity contribution in [2.24, 2.45) is 0 Å². The summed E-state index contributed by atoms with van der Waals surface area (Å²) in [6, 6.07) is 2.02. The van der Waals surface area contributed by atoms with Crippen molar-refractivity contribution < 1.29 is 28.0 Å². The zero-order valence-corrected chi connectivity index (χ0v) is 12.4. The van der Waals surface area contributed by atoms with Crippen molar-refractivity contribution >= 4 is 21.7 Å². The summed E-state index contributed by atoms with van der Waals surface area (Å²) in [6.07, 6.45) is 0.680. The lowest BCUT2D eigenvalue weighted by Gasteiger charge is -2.21. The quantitative estimate of drug-likeness (QED) is 0.626. The minimum atomic E-state index is -4.06. The summed E-state index contributed by atoms with van der Waals surface area (Å²) in [5.74, 6) is -1.41. The zero-order chi connectivity index (χ0) is 16.5. The largest absolute Gasteiger partial charge is 0.490 e. The van der Waals surface area contributed by atoms with Gasteiger partial charge in [-0.1, -0.05) is 0 Å². The van der Waals surface area contributed by atoms with Gasteiger partial charge in [0.25, 0.3) is 0 Å². The smallest absolute Gasteiger partial charge is 0.322 e. The Morgan fingerprint density at radius 3 is 2.73 bits per heavy atom. The second-order valence-electron chi connectivity index (χ2n) is 4.70. The van der Waals surface area contributed by atoms with E-state index in [2.05, 4.69) is 0 Å². The van der Waals surface area contributed by atoms with Crippen LogP contribution < -0.4 is 4.74 Å². The average molecular weight is 330 g/mol. The van der Waals surface area contributed by atoms with Gasteiger partial charge in [-0.3, -0.25) is 14.9 Å². The Labute approximate surface area is 126 Å². The summed E-state index contributed by atoms with van der Waals surface area (Å²) < 4.78 is 30.8. The van der Waals surface area contributed by atoms with Crippen molar-refractivity contribution in [1.29, 1.82) is 0 Å². The van der Waals surface area contributed by atoms with Crippen molar-refractivity contribution in [2.45, 2.75) is 23.8 Å². The van der Waals surface area contributed by atoms with Crippen LogP contribution in [0.1, 0.15) is 12.8 Å². The molecule has 0 radical (unpaired) electrons. The molecule has 2 rings (SSSR count). The Morgan fingerprint density at radius 2 is 2.18 bits per heavy atom. The fraction of sp³-hybridized carbons (Fsp3) is 0.417. The van der Waals surface area contributed by atoms with Gasteiger partial charge in [-0.25, -0.2) is 8.42 Å². The highest BCUT2D eigenvalue weighted by atomic mass is 32.2. The maximum Gasteiger partial charge on any atom is 0.322 e. The average Bonchev–Trinajstić information content (AvgIpc) is 2.96. The molecule has 0 spiro atoms. The molecule has 1 saturated heterocycles. The summed E-state index contributed by atoms with van der Waals surface area (Å²) in [4.78, 5) is 21.0. The molecule has 1 atom stereocenters. The minimum Gasteiger partial charge on any atom is -0.490 e. The van der Waals surface area contributed by atoms with E-state index in [9.17, 15) is 23.3 Å². The zero-order valence-electron chi connectivity index (χ0n) is 11.6. The third-order valence-electron chi connectivity index (χ3n) is 3.44. The molecule has 1 aliphatic heterocycles. The topological polar surface area (TPSA) is 127 Å². The van der Waals surface area contributed by atoms with Gasteiger partial charge in [-0.15, -0.1) is 0 Å². The number of hydrogen-bond acceptors (Lipinski definition) is 6. The van der Waals surface area contributed by atoms with E-state index in [1.807, 2.05) is 0 Å². The number of methoxy groups -OCH3 is 1. The molecule has 22 heavy (non-hydrogen) atoms. The molecule has 1 N–H and O–H groups in total. The van der Waals surface area contributed by atoms with E-state index in [1.54, 1.807) is 0 Å². The number of aliphatic carboxylic acids is 1. The SMILES string of the molecule is COc1cc(S(=O)(=O)N2CCCC2C(=O)O)ccc1[N+](=O)[O-]. The van der Waals surface area contributed by atoms with Crippen molar-refractivity contribution in [3.63, 3.8) is 0 Å². The number of benzene rings is 1. The van der Waals surface area contributed by atoms with Gasteiger partial charge in [0.15, 0.2) is 5.75 Å². The number of nitro groups is 1. The van der Waals surface area contributed by atoms with Crippen molar-refractivity contribution in [3.8, 4) is 5.75 Å². The van der Waals surface area contributed by atoms with Gasteiger partial charge in [0, 0.05) is 18.7 Å². The van der Waals surface area contributed by atoms with E-state index >= 15 is 0 Å². The number of nitrogens with zero attached hydrogens (tertiary/aromatic N) is 2. The van der Waals surface area contributed by atoms with Crippen molar-refractivity contribution in [2.75, 3.05) is 13.7 Å². The fourth-order valence-electron chi connectivity index (χ4n) is 2.38. The van der Waals surface area contributed by atoms with Crippen LogP contribution in [0.25, 0.3) is 0 Å². The van der Waals surface area contributed by atoms with Gasteiger partial charge in [0.2, 0.25) is 10.0 Å². The monoisotopic (exact) mass is 330 g/mol. The lowest BCUT2D eigenvalue weighted by atomic mass is 10.2. The van der Waals surface area contributed by atoms with Gasteiger partial charge in [0.05, 0.1) is 16.9 Å². The van der Waals surface area contributed by atoms with Crippen LogP contribution in [0.15, 0.2) is 23.1 Å². The number of carbonyl (C=O) groups is 1. The molecule has 0 aromatic heterocycles. The Bertz CT molecular complexity index is 716. The number of carboxylic acids is 1. The molecule has 0 amide bonds. The summed E-state index contributed by atoms with van der Waals surface area (Å²) in [7, 11) is -2.87. The molecule has 120 valence electrons. The number of rotatable bonds is 5. The molecule has 9 nitrogen and oxygen atoms in total. The number of carboxylic acid groups (broad SMARTS) is 1. The Morgan fingerprint density at radius 1 is 1.50 bits per heavy atom. The van der Waals surface area contributed by atoms with Gasteiger partial charge >= 0.3 is 11.7 Å². The van der Waals surface area contributed by atoms with Crippen molar-refractivity contribution in [3.05, 3.63) is 28.3 Å². The molecule has 0 bridgehead atoms. The molecular weight excluding hydrogens is 316 g/mol. The van der Waals surface area contributed by atoms with Gasteiger partial charge in [-0.2, -0.15) is 4.31 Å². The van der Waals surface area contributed by atoms with E-state index < -0.39 is 27.0 Å². The van der Waals surface area contributed by atoms with E-state index in [-0.39, 0.29) is 29.3 Å². The van der Waals surface area contributed by atoms with Crippen LogP contribution in [-0.4, -0.2) is 48.4 Å². The van der Waals surface area contributed by atoms with Crippen LogP contribution >= 0.6 is 0 Å². The van der Waals surface area contributed by atoms with Gasteiger partial charge in [-0.05, 0) is 18.9 Å². The molecule has 1 unspecified atom stereocenters. The maximum atomic E-state index is 12.5. The predicted molar refractivity (Wildman–Crippen MR) is 74.2 cm³/mol. The number of hydrogen-bond donors (Lipinski definition) is 1. The van der Waals surface area contributed by atoms with Crippen LogP contribution in [0.5, 0.6) is 5.75 Å². The molecule has 1 aromatic carbocycles. The fourth-order valence-corrected chi connectivity index (χ4v) is 4.05. The summed E-state index contributed by atoms with van der Waals surface area (Å²) in [5.41, 5.74) is -0.363. The van der Waals surface area contributed by atoms with Crippen molar-refractivity contribution in [1.82, 2.24) is 4.31 Å². The highest BCUT2D eigenvalue weighted by Gasteiger charge is 2.40. The lowest BCUT2D eigenvalue weighted by Crippen LogP contribution is -2.40. The highest BCUT2D eigenvalue weighted by Crippen LogP contribution is 2.32. The molecular formula is C12H14N2O7S. The molecule has 0 saturated carbocycles. The molecule has 0 aliphatic carbocycles. The number of ether oxygens (including phenoxy) is 1. The normalized spacial score (nSPS) is 19.0. The molecule has 1 aliphatic rings. The van der Waals surface area contributed by atoms with Crippen LogP contribution in [0.2, 0.25) is 0 Å². The van der Waals surface area contributed by atoms with Crippen LogP contribution in [-0.2, 0) is 14.8 Å². The van der Waals surface area contributed by atoms with Crippen LogP contribution in [0, 0.1) is 10.1 Å². The molecule has 1 heterocycles. The second kappa shape index (κ2) is 5.89. The Kier molecular flexibility index (Phi) is 4.33. The third kappa shape index (κ3) is 2.74. The van der Waals surface area contributed by atoms with E-state index in [4.69, 9.17) is 9.84 Å². The standard InChI is InChI=1S/C12H14N2O7S/c1-21-11-7-8(4-5-9(11)14(17)18)22(19,20)13-6-2-3-10(13)12(15)16/h4-5,7,10H,2-3,6H2,1H3,(H,15,16). The van der Waals surface area contributed by atoms with E-state index in [0.717, 1.165) is 22.5 Å². The van der Waals surface area contributed by atoms with Crippen LogP contribution in [0.3, 0.4) is 0 Å². The van der Waals surface area contributed by atoms with E-state index in [1.165, 1.54) is 7.11 Å². The first-order chi connectivity index (χ1) is 10.3. The molecule has 10 heteroatoms. The maximum absolute atomic E-state index is 12.5. The van der Waals surface area contributed by atoms with E-state index in [0.29, 0.717) is 6.42 Å². The summed E-state index contributed by atoms with van der Waals surface area (Å²) in [5, 5.41) is 19.9. The summed E-state index contributed by atoms with van der Waals surface area (Å²) >= 11 is 0. The third-order valence-corrected chi connectivity index (χ3v) is 5.35. The second-order valence-corrected chi connectivity index (χ2v) is 6.59. The lowest BCUT2D eigenvalue weighted by molar-refractivity contribution is -0.385. The number of sulfonamides is 1. The van der Waals surface area contributed by atoms with Gasteiger partial charge < -0.3 is 9.84 Å². The predicted octanol–water partition coefficient (Wildman–Crippen LogP) is 0.841. The Balaban J connectivity index is 2.46. The summed E-state index contributed by atoms with van der Waals surface area (Å²) in [6.45, 7) is 0.0958. The first kappa shape index (κ1) is 16.2. The first-order valence-electron chi connectivity index (χ1n) is 6.36. The minimum absolute atomic E-state index is 0.0958. The highest BCUT2D eigenvalue weighted by molar-refractivity contribution is 7.89. The Hall–Kier alpha value is -2.20. The molecule has 1 fully saturated rings. The molecule has 1 aromatic rings. The van der Waals surface area contributed by atoms with Crippen LogP contribution in [0.4, 0.5) is 5.69 Å². The number of nitro benzene ring substituents is 1.